The molecule has 62 heavy (non-hydrogen) atoms. The van der Waals surface area contributed by atoms with Crippen molar-refractivity contribution in [3.63, 3.8) is 0 Å². The van der Waals surface area contributed by atoms with Gasteiger partial charge < -0.3 is 13.9 Å². The molecule has 0 N–H and O–H groups in total. The zero-order chi connectivity index (χ0) is 40.0. The van der Waals surface area contributed by atoms with Gasteiger partial charge in [-0.3, -0.25) is 4.57 Å². The van der Waals surface area contributed by atoms with E-state index in [2.05, 4.69) is 173 Å². The van der Waals surface area contributed by atoms with Crippen molar-refractivity contribution in [2.75, 3.05) is 0 Å². The van der Waals surface area contributed by atoms with Gasteiger partial charge in [0.2, 0.25) is 0 Å². The maximum Gasteiger partial charge on any atom is 0.268 e. The second kappa shape index (κ2) is 14.3. The Morgan fingerprint density at radius 3 is 1.94 bits per heavy atom. The van der Waals surface area contributed by atoms with Crippen molar-refractivity contribution in [2.45, 2.75) is 0 Å². The SMILES string of the molecule is [Pt].[c-]1c(Oc2[c-]c3c(cc2)c2ccccc2n3-c2nc3ccc4ccccc4c3c3c2ccc2ccc4ccccc4c23)cccc1-n1[c-][n+](-c2ccccc2)c2ccccc21. The number of hydrogen-bond donors (Lipinski definition) is 0. The van der Waals surface area contributed by atoms with Gasteiger partial charge in [0.15, 0.2) is 0 Å². The van der Waals surface area contributed by atoms with E-state index in [9.17, 15) is 0 Å². The van der Waals surface area contributed by atoms with Crippen LogP contribution in [-0.2, 0) is 21.1 Å². The van der Waals surface area contributed by atoms with Gasteiger partial charge in [0, 0.05) is 54.2 Å². The maximum absolute atomic E-state index is 6.67. The molecule has 0 aliphatic rings. The Balaban J connectivity index is 0.00000410. The number of nitrogens with zero attached hydrogens (tertiary/aromatic N) is 4. The standard InChI is InChI=1S/C56H32N4O.Pt/c1-2-15-39(16-3-1)58-35-59(51-24-11-10-23-50(51)58)40-17-12-18-41(33-40)61-42-29-31-46-45-21-8-9-22-49(45)60(52(46)34-42)56-47-30-27-38-26-25-36-13-4-6-19-43(36)53(38)55(47)54-44-20-7-5-14-37(44)28-32-48(54)57-56;/h1-32H;/q-2;. The number of pyridine rings is 1. The molecule has 6 heteroatoms. The summed E-state index contributed by atoms with van der Waals surface area (Å²) < 4.78 is 13.1. The molecule has 0 saturated carbocycles. The second-order valence-electron chi connectivity index (χ2n) is 15.5. The van der Waals surface area contributed by atoms with Crippen LogP contribution < -0.4 is 9.30 Å². The van der Waals surface area contributed by atoms with Crippen LogP contribution in [0, 0.1) is 18.5 Å². The molecule has 0 atom stereocenters. The molecule has 0 spiro atoms. The third kappa shape index (κ3) is 5.52. The van der Waals surface area contributed by atoms with Crippen LogP contribution in [0.15, 0.2) is 194 Å². The summed E-state index contributed by atoms with van der Waals surface area (Å²) in [5.41, 5.74) is 6.78. The average Bonchev–Trinajstić information content (AvgIpc) is 3.87. The minimum Gasteiger partial charge on any atom is -0.510 e. The topological polar surface area (TPSA) is 35.9 Å². The molecule has 0 fully saturated rings. The van der Waals surface area contributed by atoms with Crippen molar-refractivity contribution in [3.05, 3.63) is 213 Å². The molecule has 13 aromatic rings. The van der Waals surface area contributed by atoms with Gasteiger partial charge in [0.1, 0.15) is 5.82 Å². The Kier molecular flexibility index (Phi) is 8.35. The van der Waals surface area contributed by atoms with Crippen LogP contribution in [0.1, 0.15) is 0 Å². The first-order valence-corrected chi connectivity index (χ1v) is 20.5. The normalized spacial score (nSPS) is 11.7. The molecular formula is C56H32N4OPt-2. The molecule has 0 bridgehead atoms. The number of hydrogen-bond acceptors (Lipinski definition) is 2. The molecule has 0 aliphatic carbocycles. The molecule has 0 radical (unpaired) electrons. The molecular weight excluding hydrogens is 940 g/mol. The maximum atomic E-state index is 6.67. The Hall–Kier alpha value is -7.59. The van der Waals surface area contributed by atoms with Crippen LogP contribution in [0.25, 0.3) is 104 Å². The Bertz CT molecular complexity index is 3870. The van der Waals surface area contributed by atoms with Crippen molar-refractivity contribution in [3.8, 4) is 28.7 Å². The third-order valence-electron chi connectivity index (χ3n) is 12.1. The predicted octanol–water partition coefficient (Wildman–Crippen LogP) is 13.4. The van der Waals surface area contributed by atoms with Crippen LogP contribution >= 0.6 is 0 Å². The van der Waals surface area contributed by atoms with Crippen LogP contribution in [0.2, 0.25) is 0 Å². The van der Waals surface area contributed by atoms with E-state index in [1.165, 1.54) is 37.7 Å². The zero-order valence-corrected chi connectivity index (χ0v) is 35.3. The van der Waals surface area contributed by atoms with Gasteiger partial charge in [-0.1, -0.05) is 139 Å². The second-order valence-corrected chi connectivity index (χ2v) is 15.5. The fraction of sp³-hybridized carbons (Fsp3) is 0. The van der Waals surface area contributed by atoms with Gasteiger partial charge in [-0.15, -0.1) is 29.7 Å². The van der Waals surface area contributed by atoms with Gasteiger partial charge in [-0.05, 0) is 73.7 Å². The first-order valence-electron chi connectivity index (χ1n) is 20.5. The molecule has 0 amide bonds. The van der Waals surface area contributed by atoms with E-state index in [0.717, 1.165) is 66.3 Å². The Morgan fingerprint density at radius 1 is 0.452 bits per heavy atom. The number of fused-ring (bicyclic) bond motifs is 13. The summed E-state index contributed by atoms with van der Waals surface area (Å²) in [5.74, 6) is 2.01. The van der Waals surface area contributed by atoms with Crippen LogP contribution in [0.4, 0.5) is 0 Å². The molecule has 0 aliphatic heterocycles. The van der Waals surface area contributed by atoms with E-state index in [-0.39, 0.29) is 21.1 Å². The van der Waals surface area contributed by atoms with E-state index in [1.807, 2.05) is 53.1 Å². The average molecular weight is 972 g/mol. The van der Waals surface area contributed by atoms with Crippen LogP contribution in [0.3, 0.4) is 0 Å². The van der Waals surface area contributed by atoms with E-state index >= 15 is 0 Å². The molecule has 3 heterocycles. The van der Waals surface area contributed by atoms with Crippen LogP contribution in [-0.4, -0.2) is 14.1 Å². The minimum atomic E-state index is 0. The molecule has 10 aromatic carbocycles. The molecule has 3 aromatic heterocycles. The predicted molar refractivity (Wildman–Crippen MR) is 247 cm³/mol. The molecule has 13 rings (SSSR count). The van der Waals surface area contributed by atoms with Crippen molar-refractivity contribution < 1.29 is 30.4 Å². The number of rotatable bonds is 5. The first-order chi connectivity index (χ1) is 30.2. The first kappa shape index (κ1) is 36.3. The molecule has 0 unspecified atom stereocenters. The number of benzene rings is 10. The molecule has 0 saturated heterocycles. The van der Waals surface area contributed by atoms with Gasteiger partial charge in [0.25, 0.3) is 6.33 Å². The number of ether oxygens (including phenoxy) is 1. The summed E-state index contributed by atoms with van der Waals surface area (Å²) >= 11 is 0. The van der Waals surface area contributed by atoms with Crippen molar-refractivity contribution in [1.29, 1.82) is 0 Å². The van der Waals surface area contributed by atoms with Gasteiger partial charge >= 0.3 is 0 Å². The summed E-state index contributed by atoms with van der Waals surface area (Å²) in [4.78, 5) is 5.58. The summed E-state index contributed by atoms with van der Waals surface area (Å²) in [6, 6.07) is 75.2. The number of imidazole rings is 1. The van der Waals surface area contributed by atoms with E-state index in [0.29, 0.717) is 11.5 Å². The van der Waals surface area contributed by atoms with Crippen molar-refractivity contribution in [2.24, 2.45) is 0 Å². The molecule has 5 nitrogen and oxygen atoms in total. The van der Waals surface area contributed by atoms with Gasteiger partial charge in [0.05, 0.1) is 22.2 Å². The quantitative estimate of drug-likeness (QED) is 0.0979. The number of para-hydroxylation sites is 4. The van der Waals surface area contributed by atoms with Crippen molar-refractivity contribution in [1.82, 2.24) is 14.1 Å². The Labute approximate surface area is 370 Å². The third-order valence-corrected chi connectivity index (χ3v) is 12.1. The van der Waals surface area contributed by atoms with Crippen molar-refractivity contribution >= 4 is 86.8 Å². The Morgan fingerprint density at radius 2 is 1.10 bits per heavy atom. The summed E-state index contributed by atoms with van der Waals surface area (Å²) in [7, 11) is 0. The van der Waals surface area contributed by atoms with Gasteiger partial charge in [-0.25, -0.2) is 4.98 Å². The number of aromatic nitrogens is 4. The zero-order valence-electron chi connectivity index (χ0n) is 33.0. The van der Waals surface area contributed by atoms with Crippen LogP contribution in [0.5, 0.6) is 11.5 Å². The monoisotopic (exact) mass is 971 g/mol. The minimum absolute atomic E-state index is 0. The summed E-state index contributed by atoms with van der Waals surface area (Å²) in [6.07, 6.45) is 3.56. The van der Waals surface area contributed by atoms with E-state index in [4.69, 9.17) is 9.72 Å². The summed E-state index contributed by atoms with van der Waals surface area (Å²) in [5, 5.41) is 12.8. The van der Waals surface area contributed by atoms with Gasteiger partial charge in [-0.2, -0.15) is 18.2 Å². The van der Waals surface area contributed by atoms with E-state index in [1.54, 1.807) is 0 Å². The smallest absolute Gasteiger partial charge is 0.268 e. The molecule has 294 valence electrons. The fourth-order valence-corrected chi connectivity index (χ4v) is 9.41. The fourth-order valence-electron chi connectivity index (χ4n) is 9.41. The largest absolute Gasteiger partial charge is 0.510 e. The summed E-state index contributed by atoms with van der Waals surface area (Å²) in [6.45, 7) is 0. The van der Waals surface area contributed by atoms with E-state index < -0.39 is 0 Å².